The molecule has 0 aliphatic carbocycles. The van der Waals surface area contributed by atoms with Gasteiger partial charge in [-0.3, -0.25) is 4.90 Å². The van der Waals surface area contributed by atoms with Gasteiger partial charge in [0.25, 0.3) is 0 Å². The van der Waals surface area contributed by atoms with Crippen molar-refractivity contribution in [1.29, 1.82) is 0 Å². The SMILES string of the molecule is CN(C)C(CO)C(O)(O)CCN. The molecule has 1 atom stereocenters. The number of likely N-dealkylation sites (N-methyl/N-ethyl adjacent to an activating group) is 1. The summed E-state index contributed by atoms with van der Waals surface area (Å²) >= 11 is 0. The Morgan fingerprint density at radius 3 is 2.17 bits per heavy atom. The van der Waals surface area contributed by atoms with Gasteiger partial charge < -0.3 is 21.1 Å². The van der Waals surface area contributed by atoms with Crippen molar-refractivity contribution in [1.82, 2.24) is 4.90 Å². The van der Waals surface area contributed by atoms with E-state index in [9.17, 15) is 10.2 Å². The van der Waals surface area contributed by atoms with E-state index in [1.807, 2.05) is 0 Å². The first kappa shape index (κ1) is 11.8. The molecule has 74 valence electrons. The van der Waals surface area contributed by atoms with Crippen molar-refractivity contribution >= 4 is 0 Å². The van der Waals surface area contributed by atoms with E-state index in [2.05, 4.69) is 0 Å². The molecule has 0 rings (SSSR count). The highest BCUT2D eigenvalue weighted by Crippen LogP contribution is 2.14. The van der Waals surface area contributed by atoms with E-state index >= 15 is 0 Å². The van der Waals surface area contributed by atoms with Crippen LogP contribution in [-0.2, 0) is 0 Å². The van der Waals surface area contributed by atoms with Crippen LogP contribution in [0.15, 0.2) is 0 Å². The van der Waals surface area contributed by atoms with Gasteiger partial charge in [0.05, 0.1) is 12.6 Å². The second-order valence-corrected chi connectivity index (χ2v) is 3.08. The number of rotatable bonds is 5. The number of aliphatic hydroxyl groups is 3. The van der Waals surface area contributed by atoms with Crippen molar-refractivity contribution < 1.29 is 15.3 Å². The van der Waals surface area contributed by atoms with Crippen LogP contribution in [0.2, 0.25) is 0 Å². The zero-order valence-corrected chi connectivity index (χ0v) is 7.56. The van der Waals surface area contributed by atoms with Crippen molar-refractivity contribution in [3.8, 4) is 0 Å². The van der Waals surface area contributed by atoms with Gasteiger partial charge in [0.1, 0.15) is 0 Å². The molecule has 0 heterocycles. The normalized spacial score (nSPS) is 15.2. The molecular formula is C7H18N2O3. The van der Waals surface area contributed by atoms with Gasteiger partial charge in [-0.2, -0.15) is 0 Å². The molecule has 0 fully saturated rings. The number of aliphatic hydroxyl groups excluding tert-OH is 1. The minimum Gasteiger partial charge on any atom is -0.395 e. The summed E-state index contributed by atoms with van der Waals surface area (Å²) in [6.07, 6.45) is 0.0520. The minimum atomic E-state index is -1.91. The van der Waals surface area contributed by atoms with Crippen molar-refractivity contribution in [2.75, 3.05) is 27.2 Å². The van der Waals surface area contributed by atoms with E-state index in [0.29, 0.717) is 0 Å². The van der Waals surface area contributed by atoms with Gasteiger partial charge in [-0.25, -0.2) is 0 Å². The molecular weight excluding hydrogens is 160 g/mol. The smallest absolute Gasteiger partial charge is 0.182 e. The summed E-state index contributed by atoms with van der Waals surface area (Å²) in [5, 5.41) is 27.7. The van der Waals surface area contributed by atoms with Gasteiger partial charge in [0.15, 0.2) is 5.79 Å². The Bertz CT molecular complexity index is 128. The van der Waals surface area contributed by atoms with Crippen LogP contribution < -0.4 is 5.73 Å². The van der Waals surface area contributed by atoms with Gasteiger partial charge in [-0.15, -0.1) is 0 Å². The molecule has 0 bridgehead atoms. The van der Waals surface area contributed by atoms with E-state index in [0.717, 1.165) is 0 Å². The molecule has 5 heteroatoms. The third kappa shape index (κ3) is 3.04. The third-order valence-corrected chi connectivity index (χ3v) is 1.84. The molecule has 0 spiro atoms. The van der Waals surface area contributed by atoms with E-state index in [1.54, 1.807) is 19.0 Å². The molecule has 0 saturated carbocycles. The zero-order chi connectivity index (χ0) is 9.78. The number of nitrogens with two attached hydrogens (primary N) is 1. The van der Waals surface area contributed by atoms with Gasteiger partial charge in [0, 0.05) is 6.42 Å². The molecule has 5 nitrogen and oxygen atoms in total. The average Bonchev–Trinajstić information content (AvgIpc) is 1.86. The fourth-order valence-corrected chi connectivity index (χ4v) is 1.10. The summed E-state index contributed by atoms with van der Waals surface area (Å²) in [5.74, 6) is -1.91. The lowest BCUT2D eigenvalue weighted by molar-refractivity contribution is -0.211. The first-order valence-electron chi connectivity index (χ1n) is 3.87. The van der Waals surface area contributed by atoms with Gasteiger partial charge in [0.2, 0.25) is 0 Å². The van der Waals surface area contributed by atoms with E-state index < -0.39 is 11.8 Å². The molecule has 0 radical (unpaired) electrons. The van der Waals surface area contributed by atoms with Crippen molar-refractivity contribution in [3.63, 3.8) is 0 Å². The molecule has 0 aliphatic rings. The third-order valence-electron chi connectivity index (χ3n) is 1.84. The standard InChI is InChI=1S/C7H18N2O3/c1-9(2)6(5-10)7(11,12)3-4-8/h6,10-12H,3-5,8H2,1-2H3. The van der Waals surface area contributed by atoms with E-state index in [-0.39, 0.29) is 19.6 Å². The summed E-state index contributed by atoms with van der Waals surface area (Å²) in [7, 11) is 3.33. The van der Waals surface area contributed by atoms with Crippen LogP contribution >= 0.6 is 0 Å². The quantitative estimate of drug-likeness (QED) is 0.363. The van der Waals surface area contributed by atoms with Crippen LogP contribution in [0.1, 0.15) is 6.42 Å². The maximum absolute atomic E-state index is 9.42. The van der Waals surface area contributed by atoms with Gasteiger partial charge in [-0.1, -0.05) is 0 Å². The summed E-state index contributed by atoms with van der Waals surface area (Å²) in [5.41, 5.74) is 5.19. The van der Waals surface area contributed by atoms with Gasteiger partial charge >= 0.3 is 0 Å². The fourth-order valence-electron chi connectivity index (χ4n) is 1.10. The Kier molecular flexibility index (Phi) is 4.66. The summed E-state index contributed by atoms with van der Waals surface area (Å²) in [6.45, 7) is -0.128. The molecule has 0 aromatic heterocycles. The maximum Gasteiger partial charge on any atom is 0.182 e. The van der Waals surface area contributed by atoms with Crippen LogP contribution in [0.5, 0.6) is 0 Å². The number of hydrogen-bond donors (Lipinski definition) is 4. The molecule has 0 aromatic rings. The largest absolute Gasteiger partial charge is 0.395 e. The average molecular weight is 178 g/mol. The lowest BCUT2D eigenvalue weighted by atomic mass is 10.0. The molecule has 12 heavy (non-hydrogen) atoms. The van der Waals surface area contributed by atoms with Crippen molar-refractivity contribution in [2.45, 2.75) is 18.2 Å². The molecule has 5 N–H and O–H groups in total. The molecule has 0 aromatic carbocycles. The van der Waals surface area contributed by atoms with Crippen LogP contribution in [0.4, 0.5) is 0 Å². The monoisotopic (exact) mass is 178 g/mol. The molecule has 1 unspecified atom stereocenters. The van der Waals surface area contributed by atoms with Crippen molar-refractivity contribution in [3.05, 3.63) is 0 Å². The first-order valence-corrected chi connectivity index (χ1v) is 3.87. The van der Waals surface area contributed by atoms with Gasteiger partial charge in [-0.05, 0) is 20.6 Å². The topological polar surface area (TPSA) is 90.0 Å². The highest BCUT2D eigenvalue weighted by molar-refractivity contribution is 4.81. The van der Waals surface area contributed by atoms with Crippen molar-refractivity contribution in [2.24, 2.45) is 5.73 Å². The fraction of sp³-hybridized carbons (Fsp3) is 1.00. The van der Waals surface area contributed by atoms with Crippen LogP contribution in [-0.4, -0.2) is 59.3 Å². The molecule has 0 amide bonds. The molecule has 0 saturated heterocycles. The summed E-state index contributed by atoms with van der Waals surface area (Å²) in [6, 6.07) is -0.693. The first-order chi connectivity index (χ1) is 5.45. The Morgan fingerprint density at radius 2 is 1.92 bits per heavy atom. The Labute approximate surface area is 72.4 Å². The van der Waals surface area contributed by atoms with Crippen LogP contribution in [0.25, 0.3) is 0 Å². The lowest BCUT2D eigenvalue weighted by Crippen LogP contribution is -2.53. The number of nitrogens with zero attached hydrogens (tertiary/aromatic N) is 1. The maximum atomic E-state index is 9.42. The second kappa shape index (κ2) is 4.74. The highest BCUT2D eigenvalue weighted by atomic mass is 16.5. The zero-order valence-electron chi connectivity index (χ0n) is 7.56. The van der Waals surface area contributed by atoms with Crippen LogP contribution in [0.3, 0.4) is 0 Å². The minimum absolute atomic E-state index is 0.0520. The predicted octanol–water partition coefficient (Wildman–Crippen LogP) is -2.06. The molecule has 0 aliphatic heterocycles. The summed E-state index contributed by atoms with van der Waals surface area (Å²) in [4.78, 5) is 1.55. The predicted molar refractivity (Wildman–Crippen MR) is 45.4 cm³/mol. The highest BCUT2D eigenvalue weighted by Gasteiger charge is 2.34. The Morgan fingerprint density at radius 1 is 1.42 bits per heavy atom. The Balaban J connectivity index is 4.25. The number of hydrogen-bond acceptors (Lipinski definition) is 5. The van der Waals surface area contributed by atoms with Crippen LogP contribution in [0, 0.1) is 0 Å². The summed E-state index contributed by atoms with van der Waals surface area (Å²) < 4.78 is 0. The van der Waals surface area contributed by atoms with E-state index in [4.69, 9.17) is 10.8 Å². The lowest BCUT2D eigenvalue weighted by Gasteiger charge is -2.34. The second-order valence-electron chi connectivity index (χ2n) is 3.08. The van der Waals surface area contributed by atoms with E-state index in [1.165, 1.54) is 0 Å². The Hall–Kier alpha value is -0.200.